The van der Waals surface area contributed by atoms with Crippen LogP contribution < -0.4 is 0 Å². The van der Waals surface area contributed by atoms with Crippen LogP contribution in [0, 0.1) is 0 Å². The molecule has 0 fully saturated rings. The molecule has 96 valence electrons. The van der Waals surface area contributed by atoms with Crippen molar-refractivity contribution in [2.45, 2.75) is 13.0 Å². The summed E-state index contributed by atoms with van der Waals surface area (Å²) in [4.78, 5) is 0. The largest absolute Gasteiger partial charge is 0.396 e. The molecule has 3 nitrogen and oxygen atoms in total. The van der Waals surface area contributed by atoms with E-state index in [1.54, 1.807) is 0 Å². The van der Waals surface area contributed by atoms with E-state index in [4.69, 9.17) is 5.11 Å². The number of hydrogen-bond acceptors (Lipinski definition) is 2. The van der Waals surface area contributed by atoms with Gasteiger partial charge in [0.2, 0.25) is 0 Å². The van der Waals surface area contributed by atoms with E-state index in [0.29, 0.717) is 6.42 Å². The lowest BCUT2D eigenvalue weighted by Crippen LogP contribution is -2.01. The molecule has 0 unspecified atom stereocenters. The molecular weight excluding hydrogens is 236 g/mol. The molecule has 0 atom stereocenters. The molecule has 3 heteroatoms. The Bertz CT molecular complexity index is 674. The van der Waals surface area contributed by atoms with Gasteiger partial charge >= 0.3 is 0 Å². The molecule has 1 N–H and O–H groups in total. The topological polar surface area (TPSA) is 38.1 Å². The number of nitrogens with zero attached hydrogens (tertiary/aromatic N) is 2. The van der Waals surface area contributed by atoms with E-state index in [1.165, 1.54) is 5.56 Å². The zero-order valence-corrected chi connectivity index (χ0v) is 10.7. The highest BCUT2D eigenvalue weighted by molar-refractivity contribution is 5.79. The van der Waals surface area contributed by atoms with Crippen LogP contribution >= 0.6 is 0 Å². The number of aliphatic hydroxyl groups is 1. The van der Waals surface area contributed by atoms with Gasteiger partial charge in [0.05, 0.1) is 18.3 Å². The summed E-state index contributed by atoms with van der Waals surface area (Å²) in [5.74, 6) is 0. The molecule has 0 radical (unpaired) electrons. The third-order valence-corrected chi connectivity index (χ3v) is 3.28. The molecule has 19 heavy (non-hydrogen) atoms. The Labute approximate surface area is 112 Å². The summed E-state index contributed by atoms with van der Waals surface area (Å²) in [6, 6.07) is 16.5. The van der Waals surface area contributed by atoms with Crippen molar-refractivity contribution < 1.29 is 5.11 Å². The van der Waals surface area contributed by atoms with Crippen LogP contribution in [0.1, 0.15) is 11.1 Å². The number of aliphatic hydroxyl groups excluding tert-OH is 1. The first kappa shape index (κ1) is 11.9. The second-order valence-electron chi connectivity index (χ2n) is 4.65. The van der Waals surface area contributed by atoms with Gasteiger partial charge in [0.25, 0.3) is 0 Å². The van der Waals surface area contributed by atoms with Gasteiger partial charge in [-0.25, -0.2) is 0 Å². The van der Waals surface area contributed by atoms with E-state index in [2.05, 4.69) is 29.4 Å². The van der Waals surface area contributed by atoms with Crippen LogP contribution in [-0.4, -0.2) is 21.5 Å². The maximum atomic E-state index is 9.02. The lowest BCUT2D eigenvalue weighted by molar-refractivity contribution is 0.299. The van der Waals surface area contributed by atoms with E-state index in [-0.39, 0.29) is 6.61 Å². The fourth-order valence-corrected chi connectivity index (χ4v) is 2.28. The third kappa shape index (κ3) is 2.51. The van der Waals surface area contributed by atoms with Crippen molar-refractivity contribution in [1.29, 1.82) is 0 Å². The van der Waals surface area contributed by atoms with Gasteiger partial charge in [-0.2, -0.15) is 5.10 Å². The minimum absolute atomic E-state index is 0.179. The maximum Gasteiger partial charge on any atom is 0.0689 e. The Morgan fingerprint density at radius 1 is 1.00 bits per heavy atom. The first-order chi connectivity index (χ1) is 9.36. The summed E-state index contributed by atoms with van der Waals surface area (Å²) >= 11 is 0. The van der Waals surface area contributed by atoms with Crippen LogP contribution in [0.3, 0.4) is 0 Å². The molecule has 0 aliphatic heterocycles. The molecule has 0 bridgehead atoms. The summed E-state index contributed by atoms with van der Waals surface area (Å²) < 4.78 is 2.01. The molecule has 0 spiro atoms. The molecule has 0 amide bonds. The minimum Gasteiger partial charge on any atom is -0.396 e. The van der Waals surface area contributed by atoms with Gasteiger partial charge in [-0.1, -0.05) is 42.5 Å². The summed E-state index contributed by atoms with van der Waals surface area (Å²) in [6.45, 7) is 0.950. The van der Waals surface area contributed by atoms with Gasteiger partial charge in [-0.3, -0.25) is 4.68 Å². The zero-order chi connectivity index (χ0) is 13.1. The average Bonchev–Trinajstić information content (AvgIpc) is 2.83. The van der Waals surface area contributed by atoms with E-state index < -0.39 is 0 Å². The van der Waals surface area contributed by atoms with Gasteiger partial charge in [-0.05, 0) is 23.6 Å². The van der Waals surface area contributed by atoms with Gasteiger partial charge in [0, 0.05) is 12.0 Å². The van der Waals surface area contributed by atoms with Crippen LogP contribution in [0.4, 0.5) is 0 Å². The zero-order valence-electron chi connectivity index (χ0n) is 10.7. The van der Waals surface area contributed by atoms with E-state index >= 15 is 0 Å². The van der Waals surface area contributed by atoms with Crippen molar-refractivity contribution in [3.63, 3.8) is 0 Å². The van der Waals surface area contributed by atoms with Crippen LogP contribution in [0.25, 0.3) is 10.9 Å². The molecule has 3 rings (SSSR count). The predicted molar refractivity (Wildman–Crippen MR) is 76.1 cm³/mol. The standard InChI is InChI=1S/C16H16N2O/c19-9-8-13-6-7-15-11-17-18(16(15)10-13)12-14-4-2-1-3-5-14/h1-7,10-11,19H,8-9,12H2. The highest BCUT2D eigenvalue weighted by Crippen LogP contribution is 2.17. The Morgan fingerprint density at radius 2 is 1.84 bits per heavy atom. The second-order valence-corrected chi connectivity index (χ2v) is 4.65. The normalized spacial score (nSPS) is 11.0. The van der Waals surface area contributed by atoms with Gasteiger partial charge in [-0.15, -0.1) is 0 Å². The maximum absolute atomic E-state index is 9.02. The van der Waals surface area contributed by atoms with Crippen LogP contribution in [-0.2, 0) is 13.0 Å². The Kier molecular flexibility index (Phi) is 3.29. The molecule has 1 heterocycles. The van der Waals surface area contributed by atoms with Crippen LogP contribution in [0.15, 0.2) is 54.7 Å². The van der Waals surface area contributed by atoms with Crippen molar-refractivity contribution in [3.05, 3.63) is 65.9 Å². The van der Waals surface area contributed by atoms with Crippen LogP contribution in [0.5, 0.6) is 0 Å². The molecule has 1 aromatic heterocycles. The van der Waals surface area contributed by atoms with E-state index in [9.17, 15) is 0 Å². The molecule has 0 saturated heterocycles. The number of benzene rings is 2. The highest BCUT2D eigenvalue weighted by Gasteiger charge is 2.04. The Hall–Kier alpha value is -2.13. The van der Waals surface area contributed by atoms with E-state index in [1.807, 2.05) is 35.1 Å². The fourth-order valence-electron chi connectivity index (χ4n) is 2.28. The Balaban J connectivity index is 1.97. The first-order valence-corrected chi connectivity index (χ1v) is 6.46. The average molecular weight is 252 g/mol. The Morgan fingerprint density at radius 3 is 2.63 bits per heavy atom. The first-order valence-electron chi connectivity index (χ1n) is 6.46. The van der Waals surface area contributed by atoms with Gasteiger partial charge in [0.1, 0.15) is 0 Å². The van der Waals surface area contributed by atoms with Crippen molar-refractivity contribution in [1.82, 2.24) is 9.78 Å². The third-order valence-electron chi connectivity index (χ3n) is 3.28. The fraction of sp³-hybridized carbons (Fsp3) is 0.188. The SMILES string of the molecule is OCCc1ccc2cnn(Cc3ccccc3)c2c1. The van der Waals surface area contributed by atoms with E-state index in [0.717, 1.165) is 23.0 Å². The molecule has 0 aliphatic carbocycles. The van der Waals surface area contributed by atoms with Gasteiger partial charge < -0.3 is 5.11 Å². The number of aromatic nitrogens is 2. The number of fused-ring (bicyclic) bond motifs is 1. The summed E-state index contributed by atoms with van der Waals surface area (Å²) in [5, 5.41) is 14.6. The highest BCUT2D eigenvalue weighted by atomic mass is 16.2. The number of hydrogen-bond donors (Lipinski definition) is 1. The minimum atomic E-state index is 0.179. The number of rotatable bonds is 4. The molecule has 3 aromatic rings. The quantitative estimate of drug-likeness (QED) is 0.775. The molecule has 0 saturated carbocycles. The lowest BCUT2D eigenvalue weighted by atomic mass is 10.1. The smallest absolute Gasteiger partial charge is 0.0689 e. The van der Waals surface area contributed by atoms with Crippen molar-refractivity contribution in [2.24, 2.45) is 0 Å². The predicted octanol–water partition coefficient (Wildman–Crippen LogP) is 2.62. The molecular formula is C16H16N2O. The summed E-state index contributed by atoms with van der Waals surface area (Å²) in [5.41, 5.74) is 3.50. The van der Waals surface area contributed by atoms with Crippen molar-refractivity contribution >= 4 is 10.9 Å². The monoisotopic (exact) mass is 252 g/mol. The van der Waals surface area contributed by atoms with Crippen LogP contribution in [0.2, 0.25) is 0 Å². The summed E-state index contributed by atoms with van der Waals surface area (Å²) in [7, 11) is 0. The molecule has 2 aromatic carbocycles. The molecule has 0 aliphatic rings. The van der Waals surface area contributed by atoms with Crippen molar-refractivity contribution in [2.75, 3.05) is 6.61 Å². The van der Waals surface area contributed by atoms with Gasteiger partial charge in [0.15, 0.2) is 0 Å². The summed E-state index contributed by atoms with van der Waals surface area (Å²) in [6.07, 6.45) is 2.58. The second kappa shape index (κ2) is 5.24. The van der Waals surface area contributed by atoms with Crippen molar-refractivity contribution in [3.8, 4) is 0 Å². The lowest BCUT2D eigenvalue weighted by Gasteiger charge is -2.05.